The number of aromatic nitrogens is 4. The number of carbonyl (C=O) groups is 1. The fraction of sp³-hybridized carbons (Fsp3) is 0.548. The molecule has 17 heteroatoms. The Morgan fingerprint density at radius 2 is 1.90 bits per heavy atom. The molecular formula is C31H39F3N8O5S. The van der Waals surface area contributed by atoms with E-state index >= 15 is 0 Å². The lowest BCUT2D eigenvalue weighted by atomic mass is 9.76. The lowest BCUT2D eigenvalue weighted by molar-refractivity contribution is -0.198. The first kappa shape index (κ1) is 34.1. The number of halogens is 3. The molecule has 0 amide bonds. The predicted octanol–water partition coefficient (Wildman–Crippen LogP) is 3.63. The Morgan fingerprint density at radius 3 is 2.50 bits per heavy atom. The number of nitrogens with two attached hydrogens (primary N) is 1. The first-order chi connectivity index (χ1) is 22.8. The van der Waals surface area contributed by atoms with Gasteiger partial charge in [-0.15, -0.1) is 0 Å². The minimum atomic E-state index is -4.84. The number of nitrogen functional groups attached to an aromatic ring is 1. The summed E-state index contributed by atoms with van der Waals surface area (Å²) >= 11 is -1.93. The number of carboxylic acid groups (broad SMARTS) is 1. The van der Waals surface area contributed by atoms with Gasteiger partial charge in [0.2, 0.25) is 17.9 Å². The lowest BCUT2D eigenvalue weighted by Gasteiger charge is -2.39. The van der Waals surface area contributed by atoms with Crippen LogP contribution in [0.2, 0.25) is 0 Å². The molecule has 6 rings (SSSR count). The normalized spacial score (nSPS) is 21.8. The Bertz CT molecular complexity index is 1660. The number of likely N-dealkylation sites (tertiary alicyclic amines) is 1. The summed E-state index contributed by atoms with van der Waals surface area (Å²) in [4.78, 5) is 23.6. The van der Waals surface area contributed by atoms with E-state index in [4.69, 9.17) is 10.5 Å². The van der Waals surface area contributed by atoms with Crippen molar-refractivity contribution < 1.29 is 36.6 Å². The number of ether oxygens (including phenoxy) is 1. The number of aryl methyl sites for hydroxylation is 1. The van der Waals surface area contributed by atoms with E-state index < -0.39 is 35.4 Å². The summed E-state index contributed by atoms with van der Waals surface area (Å²) in [6, 6.07) is 7.29. The highest BCUT2D eigenvalue weighted by Gasteiger charge is 2.46. The van der Waals surface area contributed by atoms with Crippen LogP contribution in [0.1, 0.15) is 60.9 Å². The molecule has 48 heavy (non-hydrogen) atoms. The highest BCUT2D eigenvalue weighted by atomic mass is 32.2. The van der Waals surface area contributed by atoms with E-state index in [2.05, 4.69) is 20.4 Å². The second-order valence-electron chi connectivity index (χ2n) is 13.0. The molecule has 0 saturated carbocycles. The number of piperidine rings is 2. The van der Waals surface area contributed by atoms with Gasteiger partial charge >= 0.3 is 12.1 Å². The van der Waals surface area contributed by atoms with Crippen LogP contribution in [-0.4, -0.2) is 95.3 Å². The highest BCUT2D eigenvalue weighted by molar-refractivity contribution is 7.79. The van der Waals surface area contributed by atoms with Crippen molar-refractivity contribution in [3.8, 4) is 11.6 Å². The van der Waals surface area contributed by atoms with E-state index in [0.29, 0.717) is 76.3 Å². The maximum atomic E-state index is 14.9. The van der Waals surface area contributed by atoms with E-state index in [9.17, 15) is 31.8 Å². The minimum absolute atomic E-state index is 0.0472. The van der Waals surface area contributed by atoms with Crippen molar-refractivity contribution in [3.05, 3.63) is 53.3 Å². The molecule has 1 unspecified atom stereocenters. The molecular weight excluding hydrogens is 653 g/mol. The maximum absolute atomic E-state index is 14.9. The largest absolute Gasteiger partial charge is 0.480 e. The zero-order valence-corrected chi connectivity index (χ0v) is 27.2. The van der Waals surface area contributed by atoms with Crippen LogP contribution in [0.25, 0.3) is 5.69 Å². The second-order valence-corrected chi connectivity index (χ2v) is 13.9. The summed E-state index contributed by atoms with van der Waals surface area (Å²) in [5.74, 6) is -0.985. The van der Waals surface area contributed by atoms with Crippen molar-refractivity contribution in [3.63, 3.8) is 0 Å². The van der Waals surface area contributed by atoms with E-state index in [1.54, 1.807) is 31.3 Å². The van der Waals surface area contributed by atoms with Crippen LogP contribution in [0.15, 0.2) is 36.5 Å². The number of benzene rings is 1. The highest BCUT2D eigenvalue weighted by Crippen LogP contribution is 2.43. The average Bonchev–Trinajstić information content (AvgIpc) is 3.66. The van der Waals surface area contributed by atoms with Crippen LogP contribution < -0.4 is 20.7 Å². The number of nitrogens with one attached hydrogen (secondary N) is 1. The van der Waals surface area contributed by atoms with Crippen molar-refractivity contribution in [2.24, 2.45) is 5.41 Å². The molecule has 3 saturated heterocycles. The van der Waals surface area contributed by atoms with Gasteiger partial charge in [-0.1, -0.05) is 12.1 Å². The molecule has 0 aliphatic carbocycles. The summed E-state index contributed by atoms with van der Waals surface area (Å²) in [6.07, 6.45) is -2.37. The zero-order chi connectivity index (χ0) is 34.2. The van der Waals surface area contributed by atoms with Gasteiger partial charge in [0.1, 0.15) is 17.7 Å². The van der Waals surface area contributed by atoms with E-state index in [0.717, 1.165) is 5.56 Å². The Labute approximate surface area is 277 Å². The monoisotopic (exact) mass is 692 g/mol. The van der Waals surface area contributed by atoms with Gasteiger partial charge in [0.05, 0.1) is 11.4 Å². The fourth-order valence-electron chi connectivity index (χ4n) is 7.10. The number of hydrogen-bond acceptors (Lipinski definition) is 10. The van der Waals surface area contributed by atoms with E-state index in [-0.39, 0.29) is 40.3 Å². The molecule has 1 spiro atoms. The number of aliphatic carboxylic acids is 1. The molecule has 3 aliphatic rings. The Balaban J connectivity index is 1.25. The zero-order valence-electron chi connectivity index (χ0n) is 26.4. The quantitative estimate of drug-likeness (QED) is 0.241. The molecule has 1 aromatic carbocycles. The summed E-state index contributed by atoms with van der Waals surface area (Å²) in [5.41, 5.74) is 7.36. The van der Waals surface area contributed by atoms with Crippen LogP contribution in [0.3, 0.4) is 0 Å². The number of nitrogens with zero attached hydrogens (tertiary/aromatic N) is 6. The van der Waals surface area contributed by atoms with Gasteiger partial charge in [0.25, 0.3) is 0 Å². The van der Waals surface area contributed by atoms with Gasteiger partial charge in [0, 0.05) is 37.5 Å². The van der Waals surface area contributed by atoms with Crippen LogP contribution in [0.5, 0.6) is 5.88 Å². The standard InChI is InChI=1S/C31H39F3N8O5S/c1-19-4-11-42(39-19)24-14-21(20-5-9-40(10-6-20)18-48(45)46)2-3-22(24)27(31(32,33)34)47-26-15-25(37-29(35)38-26)41-12-7-30(8-13-41)16-23(28(43)44)36-17-30/h2-4,11,14-15,20,23,27,36H,5-10,12-13,16-18H2,1H3,(H,43,44)(H,45,46)(H2,35,37,38)/t23-,27+/m0/s1. The molecule has 3 aliphatic heterocycles. The summed E-state index contributed by atoms with van der Waals surface area (Å²) in [5, 5.41) is 16.9. The van der Waals surface area contributed by atoms with Gasteiger partial charge in [-0.05, 0) is 81.1 Å². The van der Waals surface area contributed by atoms with Gasteiger partial charge in [-0.2, -0.15) is 28.2 Å². The molecule has 260 valence electrons. The van der Waals surface area contributed by atoms with Crippen molar-refractivity contribution in [1.82, 2.24) is 30.0 Å². The van der Waals surface area contributed by atoms with Gasteiger partial charge < -0.3 is 30.3 Å². The lowest BCUT2D eigenvalue weighted by Crippen LogP contribution is -2.41. The van der Waals surface area contributed by atoms with Crippen LogP contribution in [0, 0.1) is 12.3 Å². The maximum Gasteiger partial charge on any atom is 0.429 e. The molecule has 0 bridgehead atoms. The fourth-order valence-corrected chi connectivity index (χ4v) is 7.67. The summed E-state index contributed by atoms with van der Waals surface area (Å²) in [7, 11) is 0. The third kappa shape index (κ3) is 7.58. The minimum Gasteiger partial charge on any atom is -0.480 e. The number of hydrogen-bond donors (Lipinski definition) is 4. The smallest absolute Gasteiger partial charge is 0.429 e. The molecule has 3 atom stereocenters. The van der Waals surface area contributed by atoms with Crippen LogP contribution in [-0.2, 0) is 15.9 Å². The Morgan fingerprint density at radius 1 is 1.17 bits per heavy atom. The van der Waals surface area contributed by atoms with Crippen molar-refractivity contribution in [1.29, 1.82) is 0 Å². The van der Waals surface area contributed by atoms with Crippen LogP contribution in [0.4, 0.5) is 24.9 Å². The molecule has 13 nitrogen and oxygen atoms in total. The Kier molecular flexibility index (Phi) is 9.66. The number of carboxylic acids is 1. The SMILES string of the molecule is Cc1ccn(-c2cc(C3CCN(CS(=O)O)CC3)ccc2[C@@H](Oc2cc(N3CCC4(CC3)CN[C@H](C(=O)O)C4)nc(N)n2)C(F)(F)F)n1. The number of anilines is 2. The third-order valence-corrected chi connectivity index (χ3v) is 10.3. The average molecular weight is 693 g/mol. The first-order valence-electron chi connectivity index (χ1n) is 15.8. The topological polar surface area (TPSA) is 172 Å². The summed E-state index contributed by atoms with van der Waals surface area (Å²) in [6.45, 7) is 4.57. The van der Waals surface area contributed by atoms with Gasteiger partial charge in [-0.25, -0.2) is 8.89 Å². The first-order valence-corrected chi connectivity index (χ1v) is 17.1. The predicted molar refractivity (Wildman–Crippen MR) is 171 cm³/mol. The second kappa shape index (κ2) is 13.6. The Hall–Kier alpha value is -3.80. The molecule has 5 heterocycles. The van der Waals surface area contributed by atoms with Gasteiger partial charge in [-0.3, -0.25) is 9.69 Å². The number of rotatable bonds is 9. The van der Waals surface area contributed by atoms with E-state index in [1.165, 1.54) is 16.8 Å². The molecule has 0 radical (unpaired) electrons. The summed E-state index contributed by atoms with van der Waals surface area (Å²) < 4.78 is 72.2. The van der Waals surface area contributed by atoms with Crippen LogP contribution >= 0.6 is 0 Å². The van der Waals surface area contributed by atoms with Crippen molar-refractivity contribution in [2.75, 3.05) is 49.2 Å². The molecule has 3 aromatic rings. The van der Waals surface area contributed by atoms with Crippen molar-refractivity contribution in [2.45, 2.75) is 63.3 Å². The molecule has 5 N–H and O–H groups in total. The van der Waals surface area contributed by atoms with Crippen molar-refractivity contribution >= 4 is 28.8 Å². The molecule has 2 aromatic heterocycles. The third-order valence-electron chi connectivity index (χ3n) is 9.71. The van der Waals surface area contributed by atoms with E-state index in [1.807, 2.05) is 9.80 Å². The van der Waals surface area contributed by atoms with Gasteiger partial charge in [0.15, 0.2) is 11.1 Å². The number of alkyl halides is 3. The molecule has 3 fully saturated rings.